The Balaban J connectivity index is 1.50. The van der Waals surface area contributed by atoms with E-state index < -0.39 is 0 Å². The second-order valence-electron chi connectivity index (χ2n) is 7.20. The number of ether oxygens (including phenoxy) is 1. The highest BCUT2D eigenvalue weighted by Crippen LogP contribution is 2.19. The zero-order valence-electron chi connectivity index (χ0n) is 17.0. The maximum absolute atomic E-state index is 5.42. The van der Waals surface area contributed by atoms with Gasteiger partial charge in [-0.05, 0) is 29.5 Å². The lowest BCUT2D eigenvalue weighted by Crippen LogP contribution is -2.39. The molecule has 2 N–H and O–H groups in total. The van der Waals surface area contributed by atoms with Gasteiger partial charge in [0.15, 0.2) is 5.96 Å². The van der Waals surface area contributed by atoms with Crippen LogP contribution in [0.1, 0.15) is 35.8 Å². The van der Waals surface area contributed by atoms with Gasteiger partial charge in [-0.25, -0.2) is 4.99 Å². The summed E-state index contributed by atoms with van der Waals surface area (Å²) in [7, 11) is 0. The second-order valence-corrected chi connectivity index (χ2v) is 8.18. The standard InChI is InChI=1S/C22H32N4OS/c1-3-23-22(24-15-18(2)21-5-4-14-28-21)25-16-19-6-8-20(9-7-19)17-26-10-12-27-13-11-26/h4-9,14,18H,3,10-13,15-17H2,1-2H3,(H2,23,24,25). The minimum absolute atomic E-state index is 0.475. The van der Waals surface area contributed by atoms with Crippen LogP contribution in [-0.2, 0) is 17.8 Å². The van der Waals surface area contributed by atoms with Crippen molar-refractivity contribution >= 4 is 17.3 Å². The first-order valence-corrected chi connectivity index (χ1v) is 11.1. The summed E-state index contributed by atoms with van der Waals surface area (Å²) in [5.74, 6) is 1.35. The molecule has 6 heteroatoms. The van der Waals surface area contributed by atoms with E-state index in [4.69, 9.17) is 9.73 Å². The number of hydrogen-bond donors (Lipinski definition) is 2. The van der Waals surface area contributed by atoms with Crippen molar-refractivity contribution < 1.29 is 4.74 Å². The van der Waals surface area contributed by atoms with Crippen LogP contribution in [0.3, 0.4) is 0 Å². The summed E-state index contributed by atoms with van der Waals surface area (Å²) in [6, 6.07) is 13.1. The number of nitrogens with one attached hydrogen (secondary N) is 2. The van der Waals surface area contributed by atoms with Crippen molar-refractivity contribution in [1.82, 2.24) is 15.5 Å². The predicted octanol–water partition coefficient (Wildman–Crippen LogP) is 3.44. The minimum Gasteiger partial charge on any atom is -0.379 e. The number of hydrogen-bond acceptors (Lipinski definition) is 4. The Morgan fingerprint density at radius 1 is 1.14 bits per heavy atom. The molecular weight excluding hydrogens is 368 g/mol. The fourth-order valence-corrected chi connectivity index (χ4v) is 3.99. The van der Waals surface area contributed by atoms with Crippen molar-refractivity contribution in [3.8, 4) is 0 Å². The van der Waals surface area contributed by atoms with E-state index in [0.29, 0.717) is 12.5 Å². The number of benzene rings is 1. The van der Waals surface area contributed by atoms with Gasteiger partial charge in [0.2, 0.25) is 0 Å². The van der Waals surface area contributed by atoms with Gasteiger partial charge >= 0.3 is 0 Å². The predicted molar refractivity (Wildman–Crippen MR) is 118 cm³/mol. The third-order valence-electron chi connectivity index (χ3n) is 4.90. The number of rotatable bonds is 8. The van der Waals surface area contributed by atoms with Crippen LogP contribution in [0.25, 0.3) is 0 Å². The first kappa shape index (κ1) is 20.8. The zero-order chi connectivity index (χ0) is 19.6. The largest absolute Gasteiger partial charge is 0.379 e. The van der Waals surface area contributed by atoms with Gasteiger partial charge in [-0.1, -0.05) is 37.3 Å². The molecule has 1 aromatic heterocycles. The van der Waals surface area contributed by atoms with E-state index >= 15 is 0 Å². The monoisotopic (exact) mass is 400 g/mol. The van der Waals surface area contributed by atoms with Gasteiger partial charge in [-0.3, -0.25) is 4.90 Å². The van der Waals surface area contributed by atoms with E-state index in [1.54, 1.807) is 0 Å². The van der Waals surface area contributed by atoms with Gasteiger partial charge < -0.3 is 15.4 Å². The van der Waals surface area contributed by atoms with E-state index in [9.17, 15) is 0 Å². The molecule has 0 amide bonds. The number of nitrogens with zero attached hydrogens (tertiary/aromatic N) is 2. The Hall–Kier alpha value is -1.89. The molecule has 2 aromatic rings. The van der Waals surface area contributed by atoms with Crippen molar-refractivity contribution in [3.05, 3.63) is 57.8 Å². The zero-order valence-corrected chi connectivity index (χ0v) is 17.8. The van der Waals surface area contributed by atoms with Gasteiger partial charge in [0.05, 0.1) is 19.8 Å². The van der Waals surface area contributed by atoms with Crippen LogP contribution >= 0.6 is 11.3 Å². The molecular formula is C22H32N4OS. The maximum Gasteiger partial charge on any atom is 0.191 e. The molecule has 2 heterocycles. The number of guanidine groups is 1. The van der Waals surface area contributed by atoms with E-state index in [0.717, 1.165) is 51.9 Å². The highest BCUT2D eigenvalue weighted by Gasteiger charge is 2.10. The quantitative estimate of drug-likeness (QED) is 0.526. The van der Waals surface area contributed by atoms with Gasteiger partial charge in [0, 0.05) is 43.5 Å². The Bertz CT molecular complexity index is 709. The number of aliphatic imine (C=N–C) groups is 1. The molecule has 1 aromatic carbocycles. The van der Waals surface area contributed by atoms with Crippen LogP contribution in [0.4, 0.5) is 0 Å². The summed E-state index contributed by atoms with van der Waals surface area (Å²) < 4.78 is 5.42. The molecule has 0 spiro atoms. The molecule has 0 aliphatic carbocycles. The van der Waals surface area contributed by atoms with Crippen LogP contribution in [0.5, 0.6) is 0 Å². The molecule has 1 saturated heterocycles. The van der Waals surface area contributed by atoms with Gasteiger partial charge in [-0.15, -0.1) is 11.3 Å². The molecule has 3 rings (SSSR count). The van der Waals surface area contributed by atoms with E-state index in [2.05, 4.69) is 71.2 Å². The number of morpholine rings is 1. The molecule has 1 unspecified atom stereocenters. The summed E-state index contributed by atoms with van der Waals surface area (Å²) in [6.07, 6.45) is 0. The highest BCUT2D eigenvalue weighted by molar-refractivity contribution is 7.10. The van der Waals surface area contributed by atoms with Crippen LogP contribution in [0, 0.1) is 0 Å². The summed E-state index contributed by atoms with van der Waals surface area (Å²) in [5, 5.41) is 8.95. The molecule has 1 atom stereocenters. The van der Waals surface area contributed by atoms with E-state index in [1.807, 2.05) is 11.3 Å². The molecule has 152 valence electrons. The highest BCUT2D eigenvalue weighted by atomic mass is 32.1. The van der Waals surface area contributed by atoms with E-state index in [1.165, 1.54) is 16.0 Å². The second kappa shape index (κ2) is 11.2. The summed E-state index contributed by atoms with van der Waals surface area (Å²) in [6.45, 7) is 11.5. The fourth-order valence-electron chi connectivity index (χ4n) is 3.20. The smallest absolute Gasteiger partial charge is 0.191 e. The van der Waals surface area contributed by atoms with Gasteiger partial charge in [0.1, 0.15) is 0 Å². The molecule has 0 radical (unpaired) electrons. The third-order valence-corrected chi connectivity index (χ3v) is 6.01. The molecule has 28 heavy (non-hydrogen) atoms. The average Bonchev–Trinajstić information content (AvgIpc) is 3.27. The van der Waals surface area contributed by atoms with Crippen molar-refractivity contribution in [1.29, 1.82) is 0 Å². The fraction of sp³-hybridized carbons (Fsp3) is 0.500. The molecule has 5 nitrogen and oxygen atoms in total. The lowest BCUT2D eigenvalue weighted by Gasteiger charge is -2.26. The van der Waals surface area contributed by atoms with Crippen molar-refractivity contribution in [2.24, 2.45) is 4.99 Å². The minimum atomic E-state index is 0.475. The van der Waals surface area contributed by atoms with Gasteiger partial charge in [-0.2, -0.15) is 0 Å². The van der Waals surface area contributed by atoms with Gasteiger partial charge in [0.25, 0.3) is 0 Å². The lowest BCUT2D eigenvalue weighted by molar-refractivity contribution is 0.0342. The molecule has 1 aliphatic heterocycles. The third kappa shape index (κ3) is 6.62. The van der Waals surface area contributed by atoms with Crippen LogP contribution in [0.15, 0.2) is 46.8 Å². The van der Waals surface area contributed by atoms with E-state index in [-0.39, 0.29) is 0 Å². The summed E-state index contributed by atoms with van der Waals surface area (Å²) in [4.78, 5) is 8.60. The lowest BCUT2D eigenvalue weighted by atomic mass is 10.1. The first-order valence-electron chi connectivity index (χ1n) is 10.2. The van der Waals surface area contributed by atoms with Crippen LogP contribution in [-0.4, -0.2) is 50.3 Å². The summed E-state index contributed by atoms with van der Waals surface area (Å²) in [5.41, 5.74) is 2.58. The summed E-state index contributed by atoms with van der Waals surface area (Å²) >= 11 is 1.81. The molecule has 1 aliphatic rings. The van der Waals surface area contributed by atoms with Crippen LogP contribution in [0.2, 0.25) is 0 Å². The van der Waals surface area contributed by atoms with Crippen molar-refractivity contribution in [3.63, 3.8) is 0 Å². The topological polar surface area (TPSA) is 48.9 Å². The first-order chi connectivity index (χ1) is 13.7. The number of thiophene rings is 1. The molecule has 0 bridgehead atoms. The molecule has 1 fully saturated rings. The SMILES string of the molecule is CCNC(=NCc1ccc(CN2CCOCC2)cc1)NCC(C)c1cccs1. The Labute approximate surface area is 172 Å². The Kier molecular flexibility index (Phi) is 8.33. The van der Waals surface area contributed by atoms with Crippen molar-refractivity contribution in [2.45, 2.75) is 32.9 Å². The normalized spacial score (nSPS) is 16.7. The van der Waals surface area contributed by atoms with Crippen LogP contribution < -0.4 is 10.6 Å². The Morgan fingerprint density at radius 2 is 1.89 bits per heavy atom. The van der Waals surface area contributed by atoms with Crippen molar-refractivity contribution in [2.75, 3.05) is 39.4 Å². The Morgan fingerprint density at radius 3 is 2.57 bits per heavy atom. The maximum atomic E-state index is 5.42. The molecule has 0 saturated carbocycles. The average molecular weight is 401 g/mol.